The summed E-state index contributed by atoms with van der Waals surface area (Å²) in [5.41, 5.74) is 2.20. The van der Waals surface area contributed by atoms with E-state index in [1.54, 1.807) is 0 Å². The second-order valence-corrected chi connectivity index (χ2v) is 4.55. The minimum absolute atomic E-state index is 0.482. The molecule has 0 fully saturated rings. The highest BCUT2D eigenvalue weighted by molar-refractivity contribution is 5.56. The minimum atomic E-state index is -0.482. The molecular formula is C13H15N3O. The van der Waals surface area contributed by atoms with Crippen molar-refractivity contribution < 1.29 is 5.11 Å². The lowest BCUT2D eigenvalue weighted by molar-refractivity contribution is 0.0796. The Labute approximate surface area is 99.9 Å². The zero-order valence-corrected chi connectivity index (χ0v) is 9.80. The summed E-state index contributed by atoms with van der Waals surface area (Å²) < 4.78 is 1.86. The molecule has 0 radical (unpaired) electrons. The van der Waals surface area contributed by atoms with E-state index in [0.717, 1.165) is 36.5 Å². The molecule has 0 saturated heterocycles. The summed E-state index contributed by atoms with van der Waals surface area (Å²) in [4.78, 5) is 0. The quantitative estimate of drug-likeness (QED) is 0.814. The smallest absolute Gasteiger partial charge is 0.166 e. The van der Waals surface area contributed by atoms with Crippen LogP contribution in [0.15, 0.2) is 24.3 Å². The van der Waals surface area contributed by atoms with Crippen LogP contribution in [0.2, 0.25) is 0 Å². The van der Waals surface area contributed by atoms with Crippen LogP contribution >= 0.6 is 0 Å². The number of aryl methyl sites for hydroxylation is 2. The third-order valence-corrected chi connectivity index (χ3v) is 3.20. The van der Waals surface area contributed by atoms with Gasteiger partial charge >= 0.3 is 0 Å². The van der Waals surface area contributed by atoms with Crippen molar-refractivity contribution >= 4 is 0 Å². The van der Waals surface area contributed by atoms with Gasteiger partial charge in [-0.3, -0.25) is 4.57 Å². The van der Waals surface area contributed by atoms with E-state index in [1.165, 1.54) is 5.56 Å². The van der Waals surface area contributed by atoms with Gasteiger partial charge in [0.2, 0.25) is 0 Å². The number of nitrogens with zero attached hydrogens (tertiary/aromatic N) is 3. The van der Waals surface area contributed by atoms with Crippen LogP contribution in [0.25, 0.3) is 11.4 Å². The van der Waals surface area contributed by atoms with E-state index in [9.17, 15) is 5.11 Å². The third-order valence-electron chi connectivity index (χ3n) is 3.20. The van der Waals surface area contributed by atoms with Crippen LogP contribution in [0.4, 0.5) is 0 Å². The van der Waals surface area contributed by atoms with E-state index in [4.69, 9.17) is 0 Å². The first kappa shape index (κ1) is 10.5. The molecule has 17 heavy (non-hydrogen) atoms. The number of aliphatic hydroxyl groups is 1. The summed E-state index contributed by atoms with van der Waals surface area (Å²) in [7, 11) is 0. The average Bonchev–Trinajstić information content (AvgIpc) is 2.74. The Hall–Kier alpha value is -1.68. The summed E-state index contributed by atoms with van der Waals surface area (Å²) >= 11 is 0. The lowest BCUT2D eigenvalue weighted by Crippen LogP contribution is -2.18. The molecule has 1 N–H and O–H groups in total. The Morgan fingerprint density at radius 1 is 1.35 bits per heavy atom. The van der Waals surface area contributed by atoms with Crippen LogP contribution in [0.1, 0.15) is 30.5 Å². The zero-order valence-electron chi connectivity index (χ0n) is 9.80. The Balaban J connectivity index is 2.13. The van der Waals surface area contributed by atoms with E-state index in [-0.39, 0.29) is 0 Å². The fraction of sp³-hybridized carbons (Fsp3) is 0.385. The van der Waals surface area contributed by atoms with Crippen molar-refractivity contribution in [3.63, 3.8) is 0 Å². The molecular weight excluding hydrogens is 214 g/mol. The van der Waals surface area contributed by atoms with Gasteiger partial charge in [0.05, 0.1) is 0 Å². The maximum Gasteiger partial charge on any atom is 0.166 e. The number of rotatable bonds is 1. The fourth-order valence-electron chi connectivity index (χ4n) is 2.36. The molecule has 0 saturated carbocycles. The predicted octanol–water partition coefficient (Wildman–Crippen LogP) is 2.08. The van der Waals surface area contributed by atoms with Gasteiger partial charge in [0.15, 0.2) is 5.82 Å². The van der Waals surface area contributed by atoms with Crippen molar-refractivity contribution in [2.24, 2.45) is 0 Å². The molecule has 1 aromatic carbocycles. The molecule has 0 amide bonds. The molecule has 1 aliphatic heterocycles. The van der Waals surface area contributed by atoms with Gasteiger partial charge in [0, 0.05) is 12.0 Å². The van der Waals surface area contributed by atoms with E-state index >= 15 is 0 Å². The lowest BCUT2D eigenvalue weighted by Gasteiger charge is -2.21. The van der Waals surface area contributed by atoms with Crippen molar-refractivity contribution in [2.75, 3.05) is 0 Å². The van der Waals surface area contributed by atoms with Crippen molar-refractivity contribution in [3.05, 3.63) is 35.7 Å². The SMILES string of the molecule is Cc1cccc(-c2nnc3n2C(O)CCC3)c1. The molecule has 4 heteroatoms. The monoisotopic (exact) mass is 229 g/mol. The first-order valence-electron chi connectivity index (χ1n) is 5.94. The maximum absolute atomic E-state index is 10.0. The van der Waals surface area contributed by atoms with E-state index in [1.807, 2.05) is 29.7 Å². The van der Waals surface area contributed by atoms with Crippen LogP contribution in [0, 0.1) is 6.92 Å². The first-order valence-corrected chi connectivity index (χ1v) is 5.94. The molecule has 0 aliphatic carbocycles. The topological polar surface area (TPSA) is 50.9 Å². The molecule has 1 aliphatic rings. The lowest BCUT2D eigenvalue weighted by atomic mass is 10.1. The highest BCUT2D eigenvalue weighted by Gasteiger charge is 2.23. The Morgan fingerprint density at radius 3 is 3.06 bits per heavy atom. The molecule has 2 aromatic rings. The van der Waals surface area contributed by atoms with Gasteiger partial charge in [0.25, 0.3) is 0 Å². The second kappa shape index (κ2) is 3.96. The van der Waals surface area contributed by atoms with E-state index in [0.29, 0.717) is 0 Å². The number of fused-ring (bicyclic) bond motifs is 1. The number of benzene rings is 1. The predicted molar refractivity (Wildman–Crippen MR) is 64.4 cm³/mol. The summed E-state index contributed by atoms with van der Waals surface area (Å²) in [6, 6.07) is 8.12. The van der Waals surface area contributed by atoms with Gasteiger partial charge in [0.1, 0.15) is 12.1 Å². The van der Waals surface area contributed by atoms with Gasteiger partial charge < -0.3 is 5.11 Å². The molecule has 1 unspecified atom stereocenters. The minimum Gasteiger partial charge on any atom is -0.373 e. The second-order valence-electron chi connectivity index (χ2n) is 4.55. The Kier molecular flexibility index (Phi) is 2.44. The van der Waals surface area contributed by atoms with Crippen molar-refractivity contribution in [1.82, 2.24) is 14.8 Å². The Bertz CT molecular complexity index is 547. The molecule has 3 rings (SSSR count). The van der Waals surface area contributed by atoms with Crippen LogP contribution in [0.3, 0.4) is 0 Å². The fourth-order valence-corrected chi connectivity index (χ4v) is 2.36. The summed E-state index contributed by atoms with van der Waals surface area (Å²) in [5, 5.41) is 18.4. The molecule has 88 valence electrons. The Morgan fingerprint density at radius 2 is 2.24 bits per heavy atom. The number of hydrogen-bond donors (Lipinski definition) is 1. The summed E-state index contributed by atoms with van der Waals surface area (Å²) in [6.45, 7) is 2.05. The van der Waals surface area contributed by atoms with Gasteiger partial charge in [-0.15, -0.1) is 10.2 Å². The number of hydrogen-bond acceptors (Lipinski definition) is 3. The maximum atomic E-state index is 10.0. The van der Waals surface area contributed by atoms with Crippen LogP contribution in [-0.2, 0) is 6.42 Å². The van der Waals surface area contributed by atoms with Crippen LogP contribution in [0.5, 0.6) is 0 Å². The molecule has 1 aromatic heterocycles. The van der Waals surface area contributed by atoms with E-state index in [2.05, 4.69) is 16.3 Å². The number of aromatic nitrogens is 3. The zero-order chi connectivity index (χ0) is 11.8. The normalized spacial score (nSPS) is 19.1. The van der Waals surface area contributed by atoms with Gasteiger partial charge in [-0.1, -0.05) is 23.8 Å². The van der Waals surface area contributed by atoms with E-state index < -0.39 is 6.23 Å². The van der Waals surface area contributed by atoms with Gasteiger partial charge in [-0.05, 0) is 25.8 Å². The standard InChI is InChI=1S/C13H15N3O/c1-9-4-2-5-10(8-9)13-15-14-11-6-3-7-12(17)16(11)13/h2,4-5,8,12,17H,3,6-7H2,1H3. The average molecular weight is 229 g/mol. The molecule has 0 bridgehead atoms. The van der Waals surface area contributed by atoms with Crippen molar-refractivity contribution in [1.29, 1.82) is 0 Å². The third kappa shape index (κ3) is 1.74. The highest BCUT2D eigenvalue weighted by Crippen LogP contribution is 2.28. The van der Waals surface area contributed by atoms with Crippen molar-refractivity contribution in [3.8, 4) is 11.4 Å². The molecule has 0 spiro atoms. The molecule has 2 heterocycles. The summed E-state index contributed by atoms with van der Waals surface area (Å²) in [6.07, 6.45) is 2.18. The molecule has 4 nitrogen and oxygen atoms in total. The highest BCUT2D eigenvalue weighted by atomic mass is 16.3. The van der Waals surface area contributed by atoms with Gasteiger partial charge in [-0.25, -0.2) is 0 Å². The first-order chi connectivity index (χ1) is 8.25. The summed E-state index contributed by atoms with van der Waals surface area (Å²) in [5.74, 6) is 1.66. The van der Waals surface area contributed by atoms with Crippen LogP contribution in [-0.4, -0.2) is 19.9 Å². The largest absolute Gasteiger partial charge is 0.373 e. The number of aliphatic hydroxyl groups excluding tert-OH is 1. The van der Waals surface area contributed by atoms with Crippen LogP contribution < -0.4 is 0 Å². The molecule has 1 atom stereocenters. The van der Waals surface area contributed by atoms with Crippen molar-refractivity contribution in [2.45, 2.75) is 32.4 Å². The van der Waals surface area contributed by atoms with Gasteiger partial charge in [-0.2, -0.15) is 0 Å².